The lowest BCUT2D eigenvalue weighted by atomic mass is 9.97. The molecule has 0 unspecified atom stereocenters. The summed E-state index contributed by atoms with van der Waals surface area (Å²) in [6.45, 7) is 0.142. The summed E-state index contributed by atoms with van der Waals surface area (Å²) in [5, 5.41) is 0. The minimum Gasteiger partial charge on any atom is -0.451 e. The van der Waals surface area contributed by atoms with Gasteiger partial charge in [-0.3, -0.25) is 0 Å². The smallest absolute Gasteiger partial charge is 0.357 e. The van der Waals surface area contributed by atoms with E-state index >= 15 is 0 Å². The molecule has 2 aliphatic rings. The number of pyridine rings is 2. The maximum absolute atomic E-state index is 13.0. The van der Waals surface area contributed by atoms with Crippen molar-refractivity contribution in [2.75, 3.05) is 13.7 Å². The predicted octanol–water partition coefficient (Wildman–Crippen LogP) is 2.71. The van der Waals surface area contributed by atoms with Crippen LogP contribution in [0.4, 0.5) is 0 Å². The lowest BCUT2D eigenvalue weighted by Gasteiger charge is -2.47. The number of ether oxygens (including phenoxy) is 6. The molecular weight excluding hydrogens is 468 g/mol. The third kappa shape index (κ3) is 5.12. The van der Waals surface area contributed by atoms with Crippen molar-refractivity contribution in [3.8, 4) is 0 Å². The molecule has 6 atom stereocenters. The lowest BCUT2D eigenvalue weighted by Crippen LogP contribution is -2.64. The molecule has 10 heteroatoms. The van der Waals surface area contributed by atoms with Gasteiger partial charge in [0.25, 0.3) is 0 Å². The quantitative estimate of drug-likeness (QED) is 0.476. The van der Waals surface area contributed by atoms with Gasteiger partial charge in [-0.05, 0) is 24.3 Å². The van der Waals surface area contributed by atoms with Gasteiger partial charge in [0.05, 0.1) is 6.61 Å². The van der Waals surface area contributed by atoms with Gasteiger partial charge in [0.15, 0.2) is 24.8 Å². The van der Waals surface area contributed by atoms with Gasteiger partial charge in [-0.15, -0.1) is 0 Å². The molecule has 0 N–H and O–H groups in total. The van der Waals surface area contributed by atoms with E-state index in [2.05, 4.69) is 9.97 Å². The highest BCUT2D eigenvalue weighted by Gasteiger charge is 2.54. The first-order chi connectivity index (χ1) is 17.6. The van der Waals surface area contributed by atoms with Gasteiger partial charge in [0.1, 0.15) is 23.6 Å². The van der Waals surface area contributed by atoms with Crippen LogP contribution < -0.4 is 0 Å². The van der Waals surface area contributed by atoms with E-state index in [1.165, 1.54) is 31.6 Å². The number of fused-ring (bicyclic) bond motifs is 1. The summed E-state index contributed by atoms with van der Waals surface area (Å²) < 4.78 is 35.2. The van der Waals surface area contributed by atoms with Crippen molar-refractivity contribution in [1.29, 1.82) is 0 Å². The van der Waals surface area contributed by atoms with E-state index in [1.807, 2.05) is 30.3 Å². The molecule has 0 amide bonds. The standard InChI is InChI=1S/C26H24N2O8/c1-31-26-22(35-24(30)18-12-6-8-14-28-18)21(34-23(29)17-11-5-7-13-27-17)20-19(33-26)15-32-25(36-20)16-9-3-2-4-10-16/h2-14,19-22,25-26H,15H2,1H3/t19-,20-,21+,22-,25+,26+/m1/s1. The second kappa shape index (κ2) is 10.9. The molecule has 2 saturated heterocycles. The summed E-state index contributed by atoms with van der Waals surface area (Å²) in [7, 11) is 1.40. The SMILES string of the molecule is CO[C@H]1O[C@@H]2CO[C@H](c3ccccc3)O[C@H]2[C@H](OC(=O)c2ccccn2)[C@H]1OC(=O)c1ccccn1. The summed E-state index contributed by atoms with van der Waals surface area (Å²) in [5.74, 6) is -1.43. The minimum atomic E-state index is -1.16. The number of hydrogen-bond acceptors (Lipinski definition) is 10. The molecule has 0 aliphatic carbocycles. The Morgan fingerprint density at radius 1 is 0.806 bits per heavy atom. The number of aromatic nitrogens is 2. The molecule has 2 aliphatic heterocycles. The minimum absolute atomic E-state index is 0.0827. The number of benzene rings is 1. The third-order valence-electron chi connectivity index (χ3n) is 5.82. The van der Waals surface area contributed by atoms with Crippen LogP contribution >= 0.6 is 0 Å². The first-order valence-corrected chi connectivity index (χ1v) is 11.4. The molecule has 5 rings (SSSR count). The summed E-state index contributed by atoms with van der Waals surface area (Å²) in [4.78, 5) is 34.0. The molecule has 0 radical (unpaired) electrons. The number of methoxy groups -OCH3 is 1. The van der Waals surface area contributed by atoms with Crippen LogP contribution in [0.2, 0.25) is 0 Å². The second-order valence-electron chi connectivity index (χ2n) is 8.13. The van der Waals surface area contributed by atoms with Crippen LogP contribution in [0.5, 0.6) is 0 Å². The fourth-order valence-corrected chi connectivity index (χ4v) is 4.11. The molecule has 3 aromatic rings. The average molecular weight is 492 g/mol. The molecule has 10 nitrogen and oxygen atoms in total. The van der Waals surface area contributed by atoms with Gasteiger partial charge in [0, 0.05) is 25.1 Å². The molecular formula is C26H24N2O8. The fraction of sp³-hybridized carbons (Fsp3) is 0.308. The van der Waals surface area contributed by atoms with Crippen LogP contribution in [0, 0.1) is 0 Å². The topological polar surface area (TPSA) is 115 Å². The van der Waals surface area contributed by atoms with Crippen molar-refractivity contribution < 1.29 is 38.0 Å². The Bertz CT molecular complexity index is 1160. The Morgan fingerprint density at radius 2 is 1.42 bits per heavy atom. The van der Waals surface area contributed by atoms with Gasteiger partial charge in [-0.1, -0.05) is 42.5 Å². The zero-order chi connectivity index (χ0) is 24.9. The highest BCUT2D eigenvalue weighted by Crippen LogP contribution is 2.37. The predicted molar refractivity (Wildman–Crippen MR) is 123 cm³/mol. The summed E-state index contributed by atoms with van der Waals surface area (Å²) in [6, 6.07) is 19.1. The molecule has 4 heterocycles. The van der Waals surface area contributed by atoms with E-state index < -0.39 is 48.9 Å². The highest BCUT2D eigenvalue weighted by atomic mass is 16.8. The van der Waals surface area contributed by atoms with Crippen LogP contribution in [0.3, 0.4) is 0 Å². The Labute approximate surface area is 207 Å². The van der Waals surface area contributed by atoms with Gasteiger partial charge in [-0.25, -0.2) is 19.6 Å². The summed E-state index contributed by atoms with van der Waals surface area (Å²) >= 11 is 0. The van der Waals surface area contributed by atoms with Gasteiger partial charge in [0.2, 0.25) is 0 Å². The van der Waals surface area contributed by atoms with E-state index in [9.17, 15) is 9.59 Å². The second-order valence-corrected chi connectivity index (χ2v) is 8.13. The Morgan fingerprint density at radius 3 is 2.00 bits per heavy atom. The van der Waals surface area contributed by atoms with E-state index in [0.717, 1.165) is 5.56 Å². The van der Waals surface area contributed by atoms with Crippen molar-refractivity contribution in [2.45, 2.75) is 37.0 Å². The number of carbonyl (C=O) groups is 2. The molecule has 0 bridgehead atoms. The van der Waals surface area contributed by atoms with Crippen LogP contribution in [0.15, 0.2) is 79.1 Å². The largest absolute Gasteiger partial charge is 0.451 e. The van der Waals surface area contributed by atoms with Crippen molar-refractivity contribution >= 4 is 11.9 Å². The molecule has 186 valence electrons. The lowest BCUT2D eigenvalue weighted by molar-refractivity contribution is -0.356. The first-order valence-electron chi connectivity index (χ1n) is 11.4. The summed E-state index contributed by atoms with van der Waals surface area (Å²) in [6.07, 6.45) is -2.57. The molecule has 2 aromatic heterocycles. The number of nitrogens with zero attached hydrogens (tertiary/aromatic N) is 2. The fourth-order valence-electron chi connectivity index (χ4n) is 4.11. The van der Waals surface area contributed by atoms with E-state index in [1.54, 1.807) is 24.3 Å². The molecule has 0 spiro atoms. The number of esters is 2. The average Bonchev–Trinajstić information content (AvgIpc) is 2.95. The Hall–Kier alpha value is -3.70. The molecule has 0 saturated carbocycles. The van der Waals surface area contributed by atoms with Crippen molar-refractivity contribution in [3.63, 3.8) is 0 Å². The zero-order valence-electron chi connectivity index (χ0n) is 19.3. The normalized spacial score (nSPS) is 27.5. The van der Waals surface area contributed by atoms with E-state index in [0.29, 0.717) is 0 Å². The van der Waals surface area contributed by atoms with Gasteiger partial charge < -0.3 is 28.4 Å². The monoisotopic (exact) mass is 492 g/mol. The molecule has 36 heavy (non-hydrogen) atoms. The zero-order valence-corrected chi connectivity index (χ0v) is 19.3. The molecule has 1 aromatic carbocycles. The Kier molecular flexibility index (Phi) is 7.28. The van der Waals surface area contributed by atoms with E-state index in [4.69, 9.17) is 28.4 Å². The van der Waals surface area contributed by atoms with Crippen LogP contribution in [-0.2, 0) is 28.4 Å². The van der Waals surface area contributed by atoms with Crippen LogP contribution in [0.1, 0.15) is 32.8 Å². The van der Waals surface area contributed by atoms with Crippen LogP contribution in [0.25, 0.3) is 0 Å². The van der Waals surface area contributed by atoms with Crippen molar-refractivity contribution in [1.82, 2.24) is 9.97 Å². The molecule has 2 fully saturated rings. The van der Waals surface area contributed by atoms with E-state index in [-0.39, 0.29) is 18.0 Å². The number of carbonyl (C=O) groups excluding carboxylic acids is 2. The van der Waals surface area contributed by atoms with Gasteiger partial charge >= 0.3 is 11.9 Å². The first kappa shape index (κ1) is 24.0. The Balaban J connectivity index is 1.46. The maximum atomic E-state index is 13.0. The van der Waals surface area contributed by atoms with Crippen molar-refractivity contribution in [3.05, 3.63) is 96.1 Å². The third-order valence-corrected chi connectivity index (χ3v) is 5.82. The van der Waals surface area contributed by atoms with Crippen LogP contribution in [-0.4, -0.2) is 66.3 Å². The number of hydrogen-bond donors (Lipinski definition) is 0. The highest BCUT2D eigenvalue weighted by molar-refractivity contribution is 5.88. The summed E-state index contributed by atoms with van der Waals surface area (Å²) in [5.41, 5.74) is 0.956. The number of rotatable bonds is 6. The van der Waals surface area contributed by atoms with Crippen molar-refractivity contribution in [2.24, 2.45) is 0 Å². The van der Waals surface area contributed by atoms with Gasteiger partial charge in [-0.2, -0.15) is 0 Å². The maximum Gasteiger partial charge on any atom is 0.357 e.